The van der Waals surface area contributed by atoms with Crippen LogP contribution in [-0.4, -0.2) is 5.11 Å². The average Bonchev–Trinajstić information content (AvgIpc) is 1.85. The fourth-order valence-electron chi connectivity index (χ4n) is 0.885. The highest BCUT2D eigenvalue weighted by atomic mass is 79.9. The monoisotopic (exact) mass is 215 g/mol. The molecule has 0 aliphatic heterocycles. The van der Waals surface area contributed by atoms with E-state index in [4.69, 9.17) is 10.8 Å². The van der Waals surface area contributed by atoms with Gasteiger partial charge < -0.3 is 10.8 Å². The maximum absolute atomic E-state index is 9.05. The van der Waals surface area contributed by atoms with Crippen LogP contribution in [0.5, 0.6) is 5.75 Å². The fraction of sp³-hybridized carbons (Fsp3) is 0.250. The quantitative estimate of drug-likeness (QED) is 0.755. The molecule has 1 aromatic carbocycles. The number of aromatic hydroxyl groups is 1. The summed E-state index contributed by atoms with van der Waals surface area (Å²) >= 11 is 3.31. The number of hydrogen-bond donors (Lipinski definition) is 2. The van der Waals surface area contributed by atoms with E-state index in [9.17, 15) is 0 Å². The minimum absolute atomic E-state index is 0.00928. The molecule has 0 radical (unpaired) electrons. The minimum Gasteiger partial charge on any atom is -0.508 e. The van der Waals surface area contributed by atoms with Gasteiger partial charge >= 0.3 is 0 Å². The summed E-state index contributed by atoms with van der Waals surface area (Å²) in [5, 5.41) is 9.05. The Balaban J connectivity index is 3.09. The zero-order valence-electron chi connectivity index (χ0n) is 6.21. The SMILES string of the molecule is C[C@H](N)c1ccc(O)cc1Br. The number of halogens is 1. The summed E-state index contributed by atoms with van der Waals surface area (Å²) in [6.07, 6.45) is 0. The van der Waals surface area contributed by atoms with Crippen molar-refractivity contribution in [1.29, 1.82) is 0 Å². The van der Waals surface area contributed by atoms with Gasteiger partial charge in [-0.2, -0.15) is 0 Å². The van der Waals surface area contributed by atoms with E-state index in [2.05, 4.69) is 15.9 Å². The van der Waals surface area contributed by atoms with Crippen LogP contribution in [0.1, 0.15) is 18.5 Å². The van der Waals surface area contributed by atoms with Crippen molar-refractivity contribution < 1.29 is 5.11 Å². The third kappa shape index (κ3) is 1.94. The number of hydrogen-bond acceptors (Lipinski definition) is 2. The highest BCUT2D eigenvalue weighted by Crippen LogP contribution is 2.25. The van der Waals surface area contributed by atoms with E-state index in [1.807, 2.05) is 13.0 Å². The molecule has 0 unspecified atom stereocenters. The van der Waals surface area contributed by atoms with Gasteiger partial charge in [0.25, 0.3) is 0 Å². The minimum atomic E-state index is -0.00928. The van der Waals surface area contributed by atoms with Gasteiger partial charge in [-0.25, -0.2) is 0 Å². The van der Waals surface area contributed by atoms with Crippen LogP contribution in [0.25, 0.3) is 0 Å². The normalized spacial score (nSPS) is 13.0. The molecule has 3 heteroatoms. The van der Waals surface area contributed by atoms with Crippen molar-refractivity contribution in [3.05, 3.63) is 28.2 Å². The molecule has 1 atom stereocenters. The number of rotatable bonds is 1. The lowest BCUT2D eigenvalue weighted by Crippen LogP contribution is -2.05. The number of nitrogens with two attached hydrogens (primary N) is 1. The highest BCUT2D eigenvalue weighted by molar-refractivity contribution is 9.10. The molecule has 0 saturated heterocycles. The Morgan fingerprint density at radius 3 is 2.64 bits per heavy atom. The van der Waals surface area contributed by atoms with E-state index in [0.717, 1.165) is 10.0 Å². The van der Waals surface area contributed by atoms with Crippen LogP contribution in [0, 0.1) is 0 Å². The van der Waals surface area contributed by atoms with Gasteiger partial charge in [0.05, 0.1) is 0 Å². The third-order valence-electron chi connectivity index (χ3n) is 1.47. The second-order valence-corrected chi connectivity index (χ2v) is 3.35. The molecule has 0 heterocycles. The molecule has 0 aromatic heterocycles. The zero-order chi connectivity index (χ0) is 8.43. The van der Waals surface area contributed by atoms with Crippen LogP contribution >= 0.6 is 15.9 Å². The average molecular weight is 216 g/mol. The van der Waals surface area contributed by atoms with Gasteiger partial charge in [0, 0.05) is 10.5 Å². The smallest absolute Gasteiger partial charge is 0.116 e. The van der Waals surface area contributed by atoms with Gasteiger partial charge in [0.15, 0.2) is 0 Å². The number of phenolic OH excluding ortho intramolecular Hbond substituents is 1. The largest absolute Gasteiger partial charge is 0.508 e. The predicted molar refractivity (Wildman–Crippen MR) is 48.4 cm³/mol. The van der Waals surface area contributed by atoms with Crippen LogP contribution in [0.3, 0.4) is 0 Å². The van der Waals surface area contributed by atoms with E-state index < -0.39 is 0 Å². The van der Waals surface area contributed by atoms with Gasteiger partial charge in [0.2, 0.25) is 0 Å². The molecular formula is C8H10BrNO. The van der Waals surface area contributed by atoms with Crippen molar-refractivity contribution in [3.63, 3.8) is 0 Å². The Bertz CT molecular complexity index is 260. The summed E-state index contributed by atoms with van der Waals surface area (Å²) in [4.78, 5) is 0. The van der Waals surface area contributed by atoms with Crippen LogP contribution in [0.15, 0.2) is 22.7 Å². The summed E-state index contributed by atoms with van der Waals surface area (Å²) in [5.41, 5.74) is 6.66. The van der Waals surface area contributed by atoms with Crippen molar-refractivity contribution in [2.24, 2.45) is 5.73 Å². The maximum atomic E-state index is 9.05. The van der Waals surface area contributed by atoms with E-state index in [-0.39, 0.29) is 11.8 Å². The van der Waals surface area contributed by atoms with E-state index in [1.54, 1.807) is 12.1 Å². The summed E-state index contributed by atoms with van der Waals surface area (Å²) in [6.45, 7) is 1.90. The first-order valence-corrected chi connectivity index (χ1v) is 4.14. The molecule has 0 amide bonds. The van der Waals surface area contributed by atoms with Gasteiger partial charge in [-0.05, 0) is 24.6 Å². The molecule has 0 fully saturated rings. The first-order valence-electron chi connectivity index (χ1n) is 3.35. The van der Waals surface area contributed by atoms with Crippen LogP contribution in [0.4, 0.5) is 0 Å². The maximum Gasteiger partial charge on any atom is 0.116 e. The van der Waals surface area contributed by atoms with Gasteiger partial charge in [-0.1, -0.05) is 22.0 Å². The van der Waals surface area contributed by atoms with Crippen molar-refractivity contribution in [1.82, 2.24) is 0 Å². The number of phenols is 1. The molecule has 0 aliphatic carbocycles. The second kappa shape index (κ2) is 3.24. The van der Waals surface area contributed by atoms with E-state index in [1.165, 1.54) is 0 Å². The molecule has 0 saturated carbocycles. The molecule has 11 heavy (non-hydrogen) atoms. The standard InChI is InChI=1S/C8H10BrNO/c1-5(10)7-3-2-6(11)4-8(7)9/h2-5,11H,10H2,1H3/t5-/m0/s1. The second-order valence-electron chi connectivity index (χ2n) is 2.49. The highest BCUT2D eigenvalue weighted by Gasteiger charge is 2.04. The molecule has 2 nitrogen and oxygen atoms in total. The van der Waals surface area contributed by atoms with Crippen molar-refractivity contribution >= 4 is 15.9 Å². The molecule has 60 valence electrons. The topological polar surface area (TPSA) is 46.2 Å². The third-order valence-corrected chi connectivity index (χ3v) is 2.16. The van der Waals surface area contributed by atoms with E-state index in [0.29, 0.717) is 0 Å². The first-order chi connectivity index (χ1) is 5.11. The van der Waals surface area contributed by atoms with Crippen molar-refractivity contribution in [2.75, 3.05) is 0 Å². The van der Waals surface area contributed by atoms with Crippen molar-refractivity contribution in [3.8, 4) is 5.75 Å². The Morgan fingerprint density at radius 2 is 2.18 bits per heavy atom. The summed E-state index contributed by atoms with van der Waals surface area (Å²) < 4.78 is 0.854. The van der Waals surface area contributed by atoms with Crippen molar-refractivity contribution in [2.45, 2.75) is 13.0 Å². The Labute approximate surface area is 74.2 Å². The fourth-order valence-corrected chi connectivity index (χ4v) is 1.61. The predicted octanol–water partition coefficient (Wildman–Crippen LogP) is 2.17. The summed E-state index contributed by atoms with van der Waals surface area (Å²) in [7, 11) is 0. The molecule has 0 aliphatic rings. The molecule has 0 spiro atoms. The molecule has 0 bridgehead atoms. The molecule has 1 rings (SSSR count). The van der Waals surface area contributed by atoms with Crippen LogP contribution < -0.4 is 5.73 Å². The first kappa shape index (κ1) is 8.56. The lowest BCUT2D eigenvalue weighted by molar-refractivity contribution is 0.474. The van der Waals surface area contributed by atoms with Crippen LogP contribution in [0.2, 0.25) is 0 Å². The molecule has 3 N–H and O–H groups in total. The Hall–Kier alpha value is -0.540. The molecule has 1 aromatic rings. The van der Waals surface area contributed by atoms with Gasteiger partial charge in [-0.3, -0.25) is 0 Å². The lowest BCUT2D eigenvalue weighted by atomic mass is 10.1. The molecular weight excluding hydrogens is 206 g/mol. The lowest BCUT2D eigenvalue weighted by Gasteiger charge is -2.07. The Kier molecular flexibility index (Phi) is 2.52. The zero-order valence-corrected chi connectivity index (χ0v) is 7.80. The van der Waals surface area contributed by atoms with Crippen LogP contribution in [-0.2, 0) is 0 Å². The Morgan fingerprint density at radius 1 is 1.55 bits per heavy atom. The van der Waals surface area contributed by atoms with E-state index >= 15 is 0 Å². The van der Waals surface area contributed by atoms with Gasteiger partial charge in [-0.15, -0.1) is 0 Å². The summed E-state index contributed by atoms with van der Waals surface area (Å²) in [5.74, 6) is 0.251. The van der Waals surface area contributed by atoms with Gasteiger partial charge in [0.1, 0.15) is 5.75 Å². The summed E-state index contributed by atoms with van der Waals surface area (Å²) in [6, 6.07) is 5.07. The number of benzene rings is 1.